The molecule has 7 atom stereocenters. The van der Waals surface area contributed by atoms with Crippen LogP contribution in [-0.4, -0.2) is 37.9 Å². The normalized spacial score (nSPS) is 37.3. The molecule has 0 spiro atoms. The Kier molecular flexibility index (Phi) is 7.08. The molecule has 5 aliphatic carbocycles. The molecule has 3 fully saturated rings. The first-order valence-corrected chi connectivity index (χ1v) is 17.6. The van der Waals surface area contributed by atoms with E-state index < -0.39 is 27.6 Å². The van der Waals surface area contributed by atoms with E-state index in [1.54, 1.807) is 29.4 Å². The lowest BCUT2D eigenvalue weighted by Crippen LogP contribution is -2.66. The van der Waals surface area contributed by atoms with Gasteiger partial charge in [0.15, 0.2) is 11.6 Å². The molecule has 0 aromatic carbocycles. The summed E-state index contributed by atoms with van der Waals surface area (Å²) in [5.41, 5.74) is 5.21. The Morgan fingerprint density at radius 2 is 1.71 bits per heavy atom. The van der Waals surface area contributed by atoms with Crippen LogP contribution in [0.4, 0.5) is 0 Å². The number of hydrogen-bond acceptors (Lipinski definition) is 7. The zero-order valence-electron chi connectivity index (χ0n) is 29.7. The molecule has 0 radical (unpaired) electrons. The number of amides is 1. The topological polar surface area (TPSA) is 149 Å². The first kappa shape index (κ1) is 33.3. The predicted octanol–water partition coefficient (Wildman–Crippen LogP) is 6.90. The van der Waals surface area contributed by atoms with Gasteiger partial charge in [-0.2, -0.15) is 5.26 Å². The predicted molar refractivity (Wildman–Crippen MR) is 184 cm³/mol. The van der Waals surface area contributed by atoms with Crippen LogP contribution in [0.5, 0.6) is 0 Å². The Bertz CT molecular complexity index is 1940. The van der Waals surface area contributed by atoms with Crippen LogP contribution in [0.25, 0.3) is 11.3 Å². The molecule has 49 heavy (non-hydrogen) atoms. The minimum Gasteiger partial charge on any atom is -0.366 e. The molecule has 256 valence electrons. The van der Waals surface area contributed by atoms with Crippen LogP contribution in [0.2, 0.25) is 0 Å². The van der Waals surface area contributed by atoms with Crippen LogP contribution >= 0.6 is 0 Å². The van der Waals surface area contributed by atoms with Crippen molar-refractivity contribution in [3.8, 4) is 17.3 Å². The number of nitrogens with two attached hydrogens (primary N) is 1. The monoisotopic (exact) mass is 661 g/mol. The average molecular weight is 662 g/mol. The number of pyridine rings is 1. The van der Waals surface area contributed by atoms with Crippen LogP contribution in [0.3, 0.4) is 0 Å². The van der Waals surface area contributed by atoms with Gasteiger partial charge >= 0.3 is 0 Å². The molecular weight excluding hydrogens is 614 g/mol. The smallest absolute Gasteiger partial charge is 0.250 e. The van der Waals surface area contributed by atoms with Gasteiger partial charge in [0, 0.05) is 40.9 Å². The highest BCUT2D eigenvalue weighted by Gasteiger charge is 2.71. The lowest BCUT2D eigenvalue weighted by molar-refractivity contribution is -0.164. The summed E-state index contributed by atoms with van der Waals surface area (Å²) >= 11 is 0. The highest BCUT2D eigenvalue weighted by molar-refractivity contribution is 6.05. The molecule has 5 aliphatic rings. The number of primary amides is 1. The quantitative estimate of drug-likeness (QED) is 0.376. The standard InChI is InChI=1S/C40H47N5O4/c1-35(2)10-12-40(34(49)45-21-27(44-22-45)23-14-24(33(42)48)20-43-19-23)13-11-39(7)31(26(40)17-35)28(46)15-30-37(5)16-25(18-41)32(47)36(3,4)29(37)8-9-38(30,39)6/h14-16,19-22,26,29,31H,8-13,17H2,1-7H3,(H2,42,48)/t26?,29?,31-,37-,38+,39+,40-/m0/s1. The van der Waals surface area contributed by atoms with Crippen LogP contribution < -0.4 is 5.73 Å². The summed E-state index contributed by atoms with van der Waals surface area (Å²) in [6, 6.07) is 3.81. The SMILES string of the molecule is CC1(C)CC[C@]2(C(=O)n3cnc(-c4cncc(C(N)=O)c4)c3)CC[C@]3(C)[C@H](C(=O)C=C4[C@@]5(C)C=C(C#N)C(=O)C(C)(C)C5CC[C@]43C)C2C1. The van der Waals surface area contributed by atoms with E-state index in [0.29, 0.717) is 30.5 Å². The third-order valence-electron chi connectivity index (χ3n) is 14.4. The van der Waals surface area contributed by atoms with Gasteiger partial charge in [-0.05, 0) is 85.2 Å². The lowest BCUT2D eigenvalue weighted by Gasteiger charge is -2.69. The summed E-state index contributed by atoms with van der Waals surface area (Å²) < 4.78 is 1.58. The third kappa shape index (κ3) is 4.41. The molecule has 1 amide bonds. The number of aromatic nitrogens is 3. The Balaban J connectivity index is 1.32. The Morgan fingerprint density at radius 3 is 2.41 bits per heavy atom. The number of carbonyl (C=O) groups is 4. The first-order chi connectivity index (χ1) is 22.8. The van der Waals surface area contributed by atoms with Gasteiger partial charge in [0.05, 0.1) is 22.2 Å². The fourth-order valence-electron chi connectivity index (χ4n) is 11.6. The number of allylic oxidation sites excluding steroid dienone is 4. The number of imidazole rings is 1. The largest absolute Gasteiger partial charge is 0.366 e. The number of nitrogens with zero attached hydrogens (tertiary/aromatic N) is 4. The van der Waals surface area contributed by atoms with E-state index in [0.717, 1.165) is 31.3 Å². The Hall–Kier alpha value is -4.19. The minimum atomic E-state index is -0.739. The van der Waals surface area contributed by atoms with Gasteiger partial charge in [0.25, 0.3) is 0 Å². The van der Waals surface area contributed by atoms with Gasteiger partial charge in [0.2, 0.25) is 11.8 Å². The number of ketones is 2. The third-order valence-corrected chi connectivity index (χ3v) is 14.4. The van der Waals surface area contributed by atoms with Crippen molar-refractivity contribution in [1.29, 1.82) is 5.26 Å². The first-order valence-electron chi connectivity index (χ1n) is 17.6. The maximum atomic E-state index is 14.9. The van der Waals surface area contributed by atoms with E-state index in [2.05, 4.69) is 50.7 Å². The van der Waals surface area contributed by atoms with E-state index in [9.17, 15) is 24.4 Å². The van der Waals surface area contributed by atoms with Gasteiger partial charge in [-0.15, -0.1) is 0 Å². The summed E-state index contributed by atoms with van der Waals surface area (Å²) in [5.74, 6) is -1.22. The second-order valence-corrected chi connectivity index (χ2v) is 17.7. The van der Waals surface area contributed by atoms with E-state index in [4.69, 9.17) is 5.73 Å². The van der Waals surface area contributed by atoms with Gasteiger partial charge < -0.3 is 5.73 Å². The van der Waals surface area contributed by atoms with Crippen molar-refractivity contribution in [2.45, 2.75) is 93.4 Å². The molecule has 3 saturated carbocycles. The summed E-state index contributed by atoms with van der Waals surface area (Å²) in [4.78, 5) is 63.6. The lowest BCUT2D eigenvalue weighted by atomic mass is 9.34. The van der Waals surface area contributed by atoms with Gasteiger partial charge in [0.1, 0.15) is 12.4 Å². The van der Waals surface area contributed by atoms with E-state index in [1.807, 2.05) is 26.0 Å². The van der Waals surface area contributed by atoms with Gasteiger partial charge in [-0.1, -0.05) is 60.1 Å². The maximum absolute atomic E-state index is 14.9. The average Bonchev–Trinajstić information content (AvgIpc) is 3.54. The van der Waals surface area contributed by atoms with E-state index in [1.165, 1.54) is 6.20 Å². The van der Waals surface area contributed by atoms with Crippen molar-refractivity contribution >= 4 is 23.4 Å². The molecule has 0 saturated heterocycles. The summed E-state index contributed by atoms with van der Waals surface area (Å²) in [7, 11) is 0. The van der Waals surface area contributed by atoms with Crippen LogP contribution in [-0.2, 0) is 9.59 Å². The molecule has 0 bridgehead atoms. The molecular formula is C40H47N5O4. The van der Waals surface area contributed by atoms with E-state index >= 15 is 0 Å². The molecule has 2 N–H and O–H groups in total. The van der Waals surface area contributed by atoms with Gasteiger partial charge in [-0.25, -0.2) is 4.98 Å². The van der Waals surface area contributed by atoms with E-state index in [-0.39, 0.29) is 57.2 Å². The molecule has 9 heteroatoms. The number of Topliss-reactive ketones (excluding diaryl/α,β-unsaturated/α-hetero) is 1. The molecule has 2 aromatic heterocycles. The summed E-state index contributed by atoms with van der Waals surface area (Å²) in [5, 5.41) is 10.0. The van der Waals surface area contributed by atoms with Crippen molar-refractivity contribution < 1.29 is 19.2 Å². The molecule has 7 rings (SSSR count). The molecule has 2 aromatic rings. The molecule has 9 nitrogen and oxygen atoms in total. The van der Waals surface area contributed by atoms with Crippen LogP contribution in [0.15, 0.2) is 54.3 Å². The number of hydrogen-bond donors (Lipinski definition) is 1. The Labute approximate surface area is 288 Å². The minimum absolute atomic E-state index is 0.0240. The fourth-order valence-corrected chi connectivity index (χ4v) is 11.6. The number of fused-ring (bicyclic) bond motifs is 7. The van der Waals surface area contributed by atoms with Crippen molar-refractivity contribution in [3.63, 3.8) is 0 Å². The summed E-state index contributed by atoms with van der Waals surface area (Å²) in [6.45, 7) is 15.1. The zero-order chi connectivity index (χ0) is 35.5. The summed E-state index contributed by atoms with van der Waals surface area (Å²) in [6.07, 6.45) is 15.4. The molecule has 2 heterocycles. The zero-order valence-corrected chi connectivity index (χ0v) is 29.7. The van der Waals surface area contributed by atoms with Crippen molar-refractivity contribution in [1.82, 2.24) is 14.5 Å². The van der Waals surface area contributed by atoms with Crippen LogP contribution in [0, 0.1) is 61.6 Å². The second kappa shape index (κ2) is 10.4. The Morgan fingerprint density at radius 1 is 1.00 bits per heavy atom. The van der Waals surface area contributed by atoms with Crippen molar-refractivity contribution in [3.05, 3.63) is 59.8 Å². The molecule has 2 unspecified atom stereocenters. The fraction of sp³-hybridized carbons (Fsp3) is 0.575. The highest BCUT2D eigenvalue weighted by Crippen LogP contribution is 2.74. The number of nitriles is 1. The van der Waals surface area contributed by atoms with Crippen molar-refractivity contribution in [2.75, 3.05) is 0 Å². The highest BCUT2D eigenvalue weighted by atomic mass is 16.2. The second-order valence-electron chi connectivity index (χ2n) is 17.7. The van der Waals surface area contributed by atoms with Gasteiger partial charge in [-0.3, -0.25) is 28.7 Å². The van der Waals surface area contributed by atoms with Crippen molar-refractivity contribution in [2.24, 2.45) is 56.0 Å². The van der Waals surface area contributed by atoms with Crippen LogP contribution in [0.1, 0.15) is 109 Å². The molecule has 0 aliphatic heterocycles. The maximum Gasteiger partial charge on any atom is 0.250 e. The number of rotatable bonds is 3. The number of carbonyl (C=O) groups excluding carboxylic acids is 4.